The lowest BCUT2D eigenvalue weighted by atomic mass is 9.71. The lowest BCUT2D eigenvalue weighted by Gasteiger charge is -2.35. The first kappa shape index (κ1) is 14.3. The van der Waals surface area contributed by atoms with Gasteiger partial charge in [-0.05, 0) is 37.2 Å². The fraction of sp³-hybridized carbons (Fsp3) is 0.529. The zero-order valence-corrected chi connectivity index (χ0v) is 12.6. The number of aromatic nitrogens is 2. The first-order chi connectivity index (χ1) is 10.2. The summed E-state index contributed by atoms with van der Waals surface area (Å²) in [7, 11) is 0. The van der Waals surface area contributed by atoms with Crippen LogP contribution in [-0.2, 0) is 11.8 Å². The first-order valence-corrected chi connectivity index (χ1v) is 7.79. The third-order valence-corrected chi connectivity index (χ3v) is 4.75. The molecule has 0 aliphatic heterocycles. The Hall–Kier alpha value is -1.68. The van der Waals surface area contributed by atoms with Crippen molar-refractivity contribution in [2.24, 2.45) is 11.7 Å². The van der Waals surface area contributed by atoms with Gasteiger partial charge < -0.3 is 10.3 Å². The number of nitrogens with zero attached hydrogens (tertiary/aromatic N) is 2. The molecule has 3 rings (SSSR count). The predicted octanol–water partition coefficient (Wildman–Crippen LogP) is 3.07. The normalized spacial score (nSPS) is 25.9. The van der Waals surface area contributed by atoms with E-state index in [2.05, 4.69) is 29.2 Å². The summed E-state index contributed by atoms with van der Waals surface area (Å²) in [5, 5.41) is 4.16. The van der Waals surface area contributed by atoms with Gasteiger partial charge in [0.1, 0.15) is 0 Å². The van der Waals surface area contributed by atoms with Crippen molar-refractivity contribution in [3.63, 3.8) is 0 Å². The maximum absolute atomic E-state index is 6.05. The molecule has 4 nitrogen and oxygen atoms in total. The molecule has 0 saturated heterocycles. The molecule has 1 aliphatic carbocycles. The van der Waals surface area contributed by atoms with Crippen LogP contribution in [0.1, 0.15) is 49.9 Å². The second-order valence-corrected chi connectivity index (χ2v) is 6.35. The van der Waals surface area contributed by atoms with Crippen molar-refractivity contribution in [1.29, 1.82) is 0 Å². The van der Waals surface area contributed by atoms with Gasteiger partial charge in [0.2, 0.25) is 5.89 Å². The quantitative estimate of drug-likeness (QED) is 0.937. The van der Waals surface area contributed by atoms with Crippen LogP contribution in [0.25, 0.3) is 0 Å². The van der Waals surface area contributed by atoms with E-state index in [4.69, 9.17) is 10.3 Å². The molecule has 2 N–H and O–H groups in total. The Morgan fingerprint density at radius 1 is 1.24 bits per heavy atom. The van der Waals surface area contributed by atoms with Crippen molar-refractivity contribution in [2.45, 2.75) is 44.4 Å². The summed E-state index contributed by atoms with van der Waals surface area (Å²) in [6, 6.07) is 10.2. The Balaban J connectivity index is 1.77. The molecule has 1 aromatic carbocycles. The van der Waals surface area contributed by atoms with Crippen LogP contribution in [0.4, 0.5) is 0 Å². The molecule has 112 valence electrons. The molecular weight excluding hydrogens is 262 g/mol. The summed E-state index contributed by atoms with van der Waals surface area (Å²) in [4.78, 5) is 4.64. The Bertz CT molecular complexity index is 571. The monoisotopic (exact) mass is 285 g/mol. The maximum atomic E-state index is 6.05. The van der Waals surface area contributed by atoms with Gasteiger partial charge in [-0.2, -0.15) is 4.98 Å². The van der Waals surface area contributed by atoms with E-state index in [1.165, 1.54) is 18.4 Å². The number of nitrogens with two attached hydrogens (primary N) is 1. The minimum Gasteiger partial charge on any atom is -0.339 e. The first-order valence-electron chi connectivity index (χ1n) is 7.79. The summed E-state index contributed by atoms with van der Waals surface area (Å²) in [6.45, 7) is 2.89. The Kier molecular flexibility index (Phi) is 4.06. The standard InChI is InChI=1S/C17H23N3O/c1-13-7-9-17(12-18,10-8-13)16-19-15(20-21-16)11-14-5-3-2-4-6-14/h2-6,13H,7-12,18H2,1H3. The van der Waals surface area contributed by atoms with Crippen LogP contribution in [0.2, 0.25) is 0 Å². The molecule has 0 radical (unpaired) electrons. The lowest BCUT2D eigenvalue weighted by Crippen LogP contribution is -2.39. The predicted molar refractivity (Wildman–Crippen MR) is 81.9 cm³/mol. The number of rotatable bonds is 4. The van der Waals surface area contributed by atoms with Crippen LogP contribution in [-0.4, -0.2) is 16.7 Å². The van der Waals surface area contributed by atoms with E-state index in [-0.39, 0.29) is 5.41 Å². The molecule has 1 aliphatic rings. The maximum Gasteiger partial charge on any atom is 0.234 e. The van der Waals surface area contributed by atoms with Crippen LogP contribution in [0.3, 0.4) is 0 Å². The third-order valence-electron chi connectivity index (χ3n) is 4.75. The van der Waals surface area contributed by atoms with Gasteiger partial charge in [-0.25, -0.2) is 0 Å². The lowest BCUT2D eigenvalue weighted by molar-refractivity contribution is 0.191. The topological polar surface area (TPSA) is 64.9 Å². The molecule has 1 aromatic heterocycles. The highest BCUT2D eigenvalue weighted by Gasteiger charge is 2.39. The van der Waals surface area contributed by atoms with Crippen molar-refractivity contribution >= 4 is 0 Å². The van der Waals surface area contributed by atoms with E-state index in [9.17, 15) is 0 Å². The average molecular weight is 285 g/mol. The summed E-state index contributed by atoms with van der Waals surface area (Å²) < 4.78 is 5.56. The van der Waals surface area contributed by atoms with Gasteiger partial charge in [0.15, 0.2) is 5.82 Å². The smallest absolute Gasteiger partial charge is 0.234 e. The highest BCUT2D eigenvalue weighted by molar-refractivity contribution is 5.19. The molecular formula is C17H23N3O. The fourth-order valence-electron chi connectivity index (χ4n) is 3.14. The molecule has 1 heterocycles. The Labute approximate surface area is 125 Å². The molecule has 0 atom stereocenters. The molecule has 0 unspecified atom stereocenters. The van der Waals surface area contributed by atoms with E-state index in [1.807, 2.05) is 18.2 Å². The number of hydrogen-bond donors (Lipinski definition) is 1. The fourth-order valence-corrected chi connectivity index (χ4v) is 3.14. The van der Waals surface area contributed by atoms with Crippen molar-refractivity contribution < 1.29 is 4.52 Å². The summed E-state index contributed by atoms with van der Waals surface area (Å²) >= 11 is 0. The zero-order chi connectivity index (χ0) is 14.7. The molecule has 2 aromatic rings. The highest BCUT2D eigenvalue weighted by Crippen LogP contribution is 2.40. The van der Waals surface area contributed by atoms with E-state index >= 15 is 0 Å². The molecule has 0 amide bonds. The second kappa shape index (κ2) is 5.98. The Morgan fingerprint density at radius 3 is 2.62 bits per heavy atom. The minimum atomic E-state index is -0.103. The summed E-state index contributed by atoms with van der Waals surface area (Å²) in [5.41, 5.74) is 7.15. The van der Waals surface area contributed by atoms with Crippen molar-refractivity contribution in [3.05, 3.63) is 47.6 Å². The van der Waals surface area contributed by atoms with Gasteiger partial charge in [-0.15, -0.1) is 0 Å². The highest BCUT2D eigenvalue weighted by atomic mass is 16.5. The van der Waals surface area contributed by atoms with Gasteiger partial charge in [0.25, 0.3) is 0 Å². The van der Waals surface area contributed by atoms with Crippen molar-refractivity contribution in [3.8, 4) is 0 Å². The SMILES string of the molecule is CC1CCC(CN)(c2nc(Cc3ccccc3)no2)CC1. The molecule has 4 heteroatoms. The van der Waals surface area contributed by atoms with Gasteiger partial charge in [0.05, 0.1) is 5.41 Å². The molecule has 0 spiro atoms. The van der Waals surface area contributed by atoms with E-state index in [1.54, 1.807) is 0 Å². The van der Waals surface area contributed by atoms with Gasteiger partial charge >= 0.3 is 0 Å². The molecule has 0 bridgehead atoms. The van der Waals surface area contributed by atoms with Gasteiger partial charge in [0, 0.05) is 13.0 Å². The molecule has 21 heavy (non-hydrogen) atoms. The van der Waals surface area contributed by atoms with Crippen LogP contribution in [0.5, 0.6) is 0 Å². The van der Waals surface area contributed by atoms with Crippen LogP contribution < -0.4 is 5.73 Å². The number of benzene rings is 1. The number of hydrogen-bond acceptors (Lipinski definition) is 4. The summed E-state index contributed by atoms with van der Waals surface area (Å²) in [6.07, 6.45) is 5.19. The van der Waals surface area contributed by atoms with E-state index in [0.29, 0.717) is 13.0 Å². The molecule has 1 saturated carbocycles. The zero-order valence-electron chi connectivity index (χ0n) is 12.6. The Morgan fingerprint density at radius 2 is 1.95 bits per heavy atom. The summed E-state index contributed by atoms with van der Waals surface area (Å²) in [5.74, 6) is 2.27. The van der Waals surface area contributed by atoms with Crippen molar-refractivity contribution in [2.75, 3.05) is 6.54 Å². The van der Waals surface area contributed by atoms with Crippen LogP contribution in [0.15, 0.2) is 34.9 Å². The second-order valence-electron chi connectivity index (χ2n) is 6.35. The van der Waals surface area contributed by atoms with Crippen LogP contribution >= 0.6 is 0 Å². The van der Waals surface area contributed by atoms with Crippen molar-refractivity contribution in [1.82, 2.24) is 10.1 Å². The largest absolute Gasteiger partial charge is 0.339 e. The molecule has 1 fully saturated rings. The minimum absolute atomic E-state index is 0.103. The van der Waals surface area contributed by atoms with E-state index in [0.717, 1.165) is 30.5 Å². The van der Waals surface area contributed by atoms with E-state index < -0.39 is 0 Å². The van der Waals surface area contributed by atoms with Gasteiger partial charge in [-0.1, -0.05) is 42.4 Å². The third kappa shape index (κ3) is 3.00. The van der Waals surface area contributed by atoms with Gasteiger partial charge in [-0.3, -0.25) is 0 Å². The average Bonchev–Trinajstić information content (AvgIpc) is 2.99. The van der Waals surface area contributed by atoms with Crippen LogP contribution in [0, 0.1) is 5.92 Å².